The third-order valence-corrected chi connectivity index (χ3v) is 4.24. The molecule has 5 heteroatoms. The normalized spacial score (nSPS) is 22.1. The summed E-state index contributed by atoms with van der Waals surface area (Å²) in [6, 6.07) is 12.9. The van der Waals surface area contributed by atoms with Gasteiger partial charge in [-0.1, -0.05) is 30.3 Å². The first-order chi connectivity index (χ1) is 9.60. The van der Waals surface area contributed by atoms with Gasteiger partial charge in [-0.2, -0.15) is 0 Å². The van der Waals surface area contributed by atoms with E-state index in [9.17, 15) is 9.59 Å². The number of amides is 3. The lowest BCUT2D eigenvalue weighted by Crippen LogP contribution is -2.45. The molecule has 0 spiro atoms. The summed E-state index contributed by atoms with van der Waals surface area (Å²) in [4.78, 5) is 25.9. The molecule has 1 unspecified atom stereocenters. The van der Waals surface area contributed by atoms with Crippen LogP contribution in [0.5, 0.6) is 0 Å². The van der Waals surface area contributed by atoms with Crippen molar-refractivity contribution in [3.63, 3.8) is 0 Å². The Morgan fingerprint density at radius 2 is 1.90 bits per heavy atom. The van der Waals surface area contributed by atoms with Gasteiger partial charge in [0.2, 0.25) is 0 Å². The largest absolute Gasteiger partial charge is 0.330 e. The Bertz CT molecular complexity index is 639. The van der Waals surface area contributed by atoms with E-state index in [4.69, 9.17) is 0 Å². The Morgan fingerprint density at radius 1 is 1.15 bits per heavy atom. The van der Waals surface area contributed by atoms with Crippen LogP contribution in [0.2, 0.25) is 0 Å². The first-order valence-corrected chi connectivity index (χ1v) is 7.22. The van der Waals surface area contributed by atoms with E-state index in [0.29, 0.717) is 11.4 Å². The van der Waals surface area contributed by atoms with Gasteiger partial charge < -0.3 is 5.32 Å². The first-order valence-electron chi connectivity index (χ1n) is 6.34. The van der Waals surface area contributed by atoms with Gasteiger partial charge in [-0.25, -0.2) is 9.69 Å². The van der Waals surface area contributed by atoms with Crippen LogP contribution in [0, 0.1) is 0 Å². The number of thiophene rings is 1. The minimum atomic E-state index is -0.886. The van der Waals surface area contributed by atoms with Crippen LogP contribution in [-0.4, -0.2) is 17.5 Å². The van der Waals surface area contributed by atoms with Gasteiger partial charge in [0.05, 0.1) is 0 Å². The molecule has 3 amide bonds. The lowest BCUT2D eigenvalue weighted by Gasteiger charge is -2.21. The quantitative estimate of drug-likeness (QED) is 0.882. The number of carbonyl (C=O) groups is 2. The molecule has 2 heterocycles. The Balaban J connectivity index is 1.88. The van der Waals surface area contributed by atoms with E-state index >= 15 is 0 Å². The summed E-state index contributed by atoms with van der Waals surface area (Å²) in [6.07, 6.45) is 0.486. The number of nitrogens with one attached hydrogen (secondary N) is 1. The molecule has 1 aliphatic heterocycles. The van der Waals surface area contributed by atoms with Crippen LogP contribution in [0.1, 0.15) is 12.5 Å². The van der Waals surface area contributed by atoms with Crippen molar-refractivity contribution >= 4 is 28.3 Å². The SMILES string of the molecule is CC1(Cc2ccccc2)NC(=O)N(c2cccs2)C1=O. The summed E-state index contributed by atoms with van der Waals surface area (Å²) < 4.78 is 0. The van der Waals surface area contributed by atoms with E-state index in [0.717, 1.165) is 5.56 Å². The molecular weight excluding hydrogens is 272 g/mol. The van der Waals surface area contributed by atoms with Crippen molar-refractivity contribution in [1.29, 1.82) is 0 Å². The van der Waals surface area contributed by atoms with Gasteiger partial charge in [-0.15, -0.1) is 11.3 Å². The van der Waals surface area contributed by atoms with E-state index in [2.05, 4.69) is 5.32 Å². The Labute approximate surface area is 121 Å². The summed E-state index contributed by atoms with van der Waals surface area (Å²) >= 11 is 1.38. The summed E-state index contributed by atoms with van der Waals surface area (Å²) in [5.74, 6) is -0.200. The summed E-state index contributed by atoms with van der Waals surface area (Å²) in [7, 11) is 0. The minimum Gasteiger partial charge on any atom is -0.323 e. The fourth-order valence-corrected chi connectivity index (χ4v) is 3.13. The van der Waals surface area contributed by atoms with E-state index < -0.39 is 5.54 Å². The topological polar surface area (TPSA) is 49.4 Å². The molecule has 4 nitrogen and oxygen atoms in total. The van der Waals surface area contributed by atoms with Crippen LogP contribution in [0.3, 0.4) is 0 Å². The maximum Gasteiger partial charge on any atom is 0.330 e. The highest BCUT2D eigenvalue weighted by Crippen LogP contribution is 2.30. The zero-order valence-electron chi connectivity index (χ0n) is 11.0. The Morgan fingerprint density at radius 3 is 2.55 bits per heavy atom. The number of urea groups is 1. The molecule has 1 N–H and O–H groups in total. The van der Waals surface area contributed by atoms with E-state index in [1.54, 1.807) is 13.0 Å². The highest BCUT2D eigenvalue weighted by molar-refractivity contribution is 7.14. The van der Waals surface area contributed by atoms with Crippen molar-refractivity contribution in [1.82, 2.24) is 5.32 Å². The molecule has 0 radical (unpaired) electrons. The fraction of sp³-hybridized carbons (Fsp3) is 0.200. The van der Waals surface area contributed by atoms with Crippen molar-refractivity contribution < 1.29 is 9.59 Å². The Kier molecular flexibility index (Phi) is 3.06. The molecule has 1 aromatic heterocycles. The van der Waals surface area contributed by atoms with Crippen molar-refractivity contribution in [3.8, 4) is 0 Å². The number of hydrogen-bond acceptors (Lipinski definition) is 3. The van der Waals surface area contributed by atoms with Crippen LogP contribution in [0.4, 0.5) is 9.80 Å². The van der Waals surface area contributed by atoms with Crippen molar-refractivity contribution in [2.45, 2.75) is 18.9 Å². The second kappa shape index (κ2) is 4.76. The van der Waals surface area contributed by atoms with Crippen LogP contribution in [0.25, 0.3) is 0 Å². The van der Waals surface area contributed by atoms with Gasteiger partial charge in [0.1, 0.15) is 10.5 Å². The lowest BCUT2D eigenvalue weighted by molar-refractivity contribution is -0.121. The number of imide groups is 1. The van der Waals surface area contributed by atoms with Gasteiger partial charge in [0.25, 0.3) is 5.91 Å². The molecule has 0 bridgehead atoms. The number of benzene rings is 1. The van der Waals surface area contributed by atoms with Crippen LogP contribution in [-0.2, 0) is 11.2 Å². The number of rotatable bonds is 3. The highest BCUT2D eigenvalue weighted by atomic mass is 32.1. The fourth-order valence-electron chi connectivity index (χ4n) is 2.41. The predicted molar refractivity (Wildman–Crippen MR) is 78.9 cm³/mol. The van der Waals surface area contributed by atoms with E-state index in [1.165, 1.54) is 16.2 Å². The highest BCUT2D eigenvalue weighted by Gasteiger charge is 2.48. The maximum absolute atomic E-state index is 12.6. The molecule has 1 aliphatic rings. The number of nitrogens with zero attached hydrogens (tertiary/aromatic N) is 1. The third-order valence-electron chi connectivity index (χ3n) is 3.39. The van der Waals surface area contributed by atoms with Crippen LogP contribution in [0.15, 0.2) is 47.8 Å². The van der Waals surface area contributed by atoms with Crippen molar-refractivity contribution in [2.24, 2.45) is 0 Å². The summed E-state index contributed by atoms with van der Waals surface area (Å²) in [6.45, 7) is 1.77. The molecule has 0 aliphatic carbocycles. The molecule has 1 saturated heterocycles. The van der Waals surface area contributed by atoms with Crippen molar-refractivity contribution in [2.75, 3.05) is 4.90 Å². The van der Waals surface area contributed by atoms with E-state index in [-0.39, 0.29) is 11.9 Å². The Hall–Kier alpha value is -2.14. The first kappa shape index (κ1) is 12.9. The molecular formula is C15H14N2O2S. The molecule has 2 aromatic rings. The van der Waals surface area contributed by atoms with E-state index in [1.807, 2.05) is 41.8 Å². The second-order valence-electron chi connectivity index (χ2n) is 5.02. The number of anilines is 1. The number of hydrogen-bond donors (Lipinski definition) is 1. The van der Waals surface area contributed by atoms with Crippen molar-refractivity contribution in [3.05, 3.63) is 53.4 Å². The third kappa shape index (κ3) is 2.10. The van der Waals surface area contributed by atoms with Gasteiger partial charge in [-0.3, -0.25) is 4.79 Å². The second-order valence-corrected chi connectivity index (χ2v) is 5.94. The molecule has 3 rings (SSSR count). The molecule has 0 saturated carbocycles. The average Bonchev–Trinajstić information content (AvgIpc) is 2.99. The molecule has 102 valence electrons. The average molecular weight is 286 g/mol. The molecule has 1 fully saturated rings. The molecule has 1 atom stereocenters. The summed E-state index contributed by atoms with van der Waals surface area (Å²) in [5.41, 5.74) is 0.138. The van der Waals surface area contributed by atoms with Gasteiger partial charge in [0.15, 0.2) is 0 Å². The lowest BCUT2D eigenvalue weighted by atomic mass is 9.93. The van der Waals surface area contributed by atoms with Gasteiger partial charge >= 0.3 is 6.03 Å². The van der Waals surface area contributed by atoms with Crippen LogP contribution < -0.4 is 10.2 Å². The van der Waals surface area contributed by atoms with Gasteiger partial charge in [0, 0.05) is 6.42 Å². The number of carbonyl (C=O) groups excluding carboxylic acids is 2. The zero-order valence-corrected chi connectivity index (χ0v) is 11.8. The smallest absolute Gasteiger partial charge is 0.323 e. The van der Waals surface area contributed by atoms with Gasteiger partial charge in [-0.05, 0) is 30.0 Å². The zero-order chi connectivity index (χ0) is 14.2. The summed E-state index contributed by atoms with van der Waals surface area (Å²) in [5, 5.41) is 5.32. The standard InChI is InChI=1S/C15H14N2O2S/c1-15(10-11-6-3-2-4-7-11)13(18)17(14(19)16-15)12-8-5-9-20-12/h2-9H,10H2,1H3,(H,16,19). The monoisotopic (exact) mass is 286 g/mol. The minimum absolute atomic E-state index is 0.200. The molecule has 20 heavy (non-hydrogen) atoms. The molecule has 1 aromatic carbocycles. The van der Waals surface area contributed by atoms with Crippen LogP contribution >= 0.6 is 11.3 Å². The predicted octanol–water partition coefficient (Wildman–Crippen LogP) is 2.81. The maximum atomic E-state index is 12.6.